The van der Waals surface area contributed by atoms with Crippen LogP contribution in [0.5, 0.6) is 11.5 Å². The highest BCUT2D eigenvalue weighted by Gasteiger charge is 2.45. The summed E-state index contributed by atoms with van der Waals surface area (Å²) in [4.78, 5) is 31.3. The van der Waals surface area contributed by atoms with E-state index in [4.69, 9.17) is 26.1 Å². The molecule has 0 fully saturated rings. The lowest BCUT2D eigenvalue weighted by molar-refractivity contribution is -0.146. The van der Waals surface area contributed by atoms with Crippen LogP contribution in [0.15, 0.2) is 58.7 Å². The molecular weight excluding hydrogens is 442 g/mol. The molecule has 0 aromatic heterocycles. The first-order valence-electron chi connectivity index (χ1n) is 10.9. The van der Waals surface area contributed by atoms with E-state index < -0.39 is 17.8 Å². The summed E-state index contributed by atoms with van der Waals surface area (Å²) in [6.45, 7) is 3.74. The quantitative estimate of drug-likeness (QED) is 0.611. The van der Waals surface area contributed by atoms with Crippen molar-refractivity contribution in [3.63, 3.8) is 0 Å². The molecule has 1 aliphatic heterocycles. The fourth-order valence-electron chi connectivity index (χ4n) is 4.85. The van der Waals surface area contributed by atoms with Crippen molar-refractivity contribution in [3.05, 3.63) is 69.9 Å². The van der Waals surface area contributed by atoms with Gasteiger partial charge in [0, 0.05) is 29.3 Å². The molecule has 2 aromatic rings. The Kier molecular flexibility index (Phi) is 6.56. The van der Waals surface area contributed by atoms with Crippen molar-refractivity contribution < 1.29 is 24.2 Å². The predicted molar refractivity (Wildman–Crippen MR) is 126 cm³/mol. The first-order chi connectivity index (χ1) is 15.8. The Balaban J connectivity index is 1.86. The zero-order chi connectivity index (χ0) is 23.7. The lowest BCUT2D eigenvalue weighted by Crippen LogP contribution is -2.38. The third-order valence-corrected chi connectivity index (χ3v) is 6.62. The molecule has 1 unspecified atom stereocenters. The molecule has 1 N–H and O–H groups in total. The van der Waals surface area contributed by atoms with Gasteiger partial charge in [-0.1, -0.05) is 41.9 Å². The predicted octanol–water partition coefficient (Wildman–Crippen LogP) is 5.19. The number of nitrogens with zero attached hydrogens (tertiary/aromatic N) is 1. The van der Waals surface area contributed by atoms with E-state index in [1.165, 1.54) is 7.11 Å². The number of hydrogen-bond acceptors (Lipinski definition) is 6. The molecule has 0 amide bonds. The average Bonchev–Trinajstić information content (AvgIpc) is 2.80. The molecule has 7 heteroatoms. The van der Waals surface area contributed by atoms with Crippen LogP contribution < -0.4 is 4.74 Å². The fraction of sp³-hybridized carbons (Fsp3) is 0.346. The number of halogens is 1. The Morgan fingerprint density at radius 2 is 1.91 bits per heavy atom. The zero-order valence-electron chi connectivity index (χ0n) is 18.8. The number of rotatable bonds is 5. The summed E-state index contributed by atoms with van der Waals surface area (Å²) in [6, 6.07) is 13.1. The van der Waals surface area contributed by atoms with E-state index in [-0.39, 0.29) is 34.8 Å². The first-order valence-corrected chi connectivity index (χ1v) is 11.3. The number of phenolic OH excluding ortho intramolecular Hbond substituents is 1. The van der Waals surface area contributed by atoms with Crippen molar-refractivity contribution in [1.82, 2.24) is 0 Å². The summed E-state index contributed by atoms with van der Waals surface area (Å²) < 4.78 is 10.6. The third-order valence-electron chi connectivity index (χ3n) is 6.33. The fourth-order valence-corrected chi connectivity index (χ4v) is 5.07. The van der Waals surface area contributed by atoms with Crippen molar-refractivity contribution >= 4 is 29.1 Å². The lowest BCUT2D eigenvalue weighted by Gasteiger charge is -2.36. The van der Waals surface area contributed by atoms with E-state index in [1.54, 1.807) is 26.0 Å². The maximum atomic E-state index is 13.5. The molecule has 3 atom stereocenters. The second-order valence-electron chi connectivity index (χ2n) is 8.31. The number of ketones is 1. The van der Waals surface area contributed by atoms with Crippen molar-refractivity contribution in [1.29, 1.82) is 0 Å². The summed E-state index contributed by atoms with van der Waals surface area (Å²) in [5, 5.41) is 10.3. The second kappa shape index (κ2) is 9.40. The van der Waals surface area contributed by atoms with Gasteiger partial charge in [0.25, 0.3) is 0 Å². The molecule has 0 spiro atoms. The van der Waals surface area contributed by atoms with Crippen LogP contribution in [-0.2, 0) is 14.3 Å². The van der Waals surface area contributed by atoms with E-state index in [2.05, 4.69) is 0 Å². The van der Waals surface area contributed by atoms with Gasteiger partial charge in [-0.25, -0.2) is 0 Å². The van der Waals surface area contributed by atoms with Gasteiger partial charge >= 0.3 is 5.97 Å². The van der Waals surface area contributed by atoms with E-state index >= 15 is 0 Å². The number of methoxy groups -OCH3 is 1. The normalized spacial score (nSPS) is 22.5. The summed E-state index contributed by atoms with van der Waals surface area (Å²) >= 11 is 6.28. The minimum absolute atomic E-state index is 0.0201. The summed E-state index contributed by atoms with van der Waals surface area (Å²) in [5.74, 6) is -1.90. The number of allylic oxidation sites excluding steroid dienone is 2. The number of Topliss-reactive ketones (excluding diaryl/α,β-unsaturated/α-hetero) is 1. The Morgan fingerprint density at radius 3 is 2.58 bits per heavy atom. The van der Waals surface area contributed by atoms with Gasteiger partial charge in [0.1, 0.15) is 5.92 Å². The van der Waals surface area contributed by atoms with E-state index in [0.717, 1.165) is 5.56 Å². The third kappa shape index (κ3) is 4.27. The van der Waals surface area contributed by atoms with Gasteiger partial charge in [0.05, 0.1) is 18.7 Å². The van der Waals surface area contributed by atoms with Gasteiger partial charge in [0.2, 0.25) is 0 Å². The molecule has 4 rings (SSSR count). The monoisotopic (exact) mass is 467 g/mol. The van der Waals surface area contributed by atoms with Gasteiger partial charge in [-0.2, -0.15) is 0 Å². The van der Waals surface area contributed by atoms with Crippen LogP contribution in [0.3, 0.4) is 0 Å². The van der Waals surface area contributed by atoms with Crippen LogP contribution in [0.1, 0.15) is 49.7 Å². The summed E-state index contributed by atoms with van der Waals surface area (Å²) in [5.41, 5.74) is 3.47. The highest BCUT2D eigenvalue weighted by molar-refractivity contribution is 6.32. The number of carbonyl (C=O) groups excluding carboxylic acids is 2. The average molecular weight is 468 g/mol. The van der Waals surface area contributed by atoms with Crippen LogP contribution in [0, 0.1) is 5.92 Å². The number of hydrogen-bond donors (Lipinski definition) is 1. The molecule has 1 aliphatic carbocycles. The Labute approximate surface area is 197 Å². The number of benzene rings is 2. The molecule has 0 saturated heterocycles. The van der Waals surface area contributed by atoms with Crippen LogP contribution in [0.25, 0.3) is 0 Å². The Bertz CT molecular complexity index is 1150. The summed E-state index contributed by atoms with van der Waals surface area (Å²) in [6.07, 6.45) is 0.920. The van der Waals surface area contributed by atoms with Crippen molar-refractivity contribution in [2.45, 2.75) is 38.5 Å². The van der Waals surface area contributed by atoms with Crippen LogP contribution in [-0.4, -0.2) is 36.3 Å². The molecule has 1 heterocycles. The highest BCUT2D eigenvalue weighted by Crippen LogP contribution is 2.49. The Morgan fingerprint density at radius 1 is 1.18 bits per heavy atom. The van der Waals surface area contributed by atoms with Gasteiger partial charge in [-0.05, 0) is 49.4 Å². The van der Waals surface area contributed by atoms with Crippen LogP contribution in [0.4, 0.5) is 0 Å². The van der Waals surface area contributed by atoms with E-state index in [9.17, 15) is 14.7 Å². The smallest absolute Gasteiger partial charge is 0.315 e. The van der Waals surface area contributed by atoms with Gasteiger partial charge in [-0.3, -0.25) is 14.6 Å². The topological polar surface area (TPSA) is 85.2 Å². The zero-order valence-corrected chi connectivity index (χ0v) is 19.6. The minimum Gasteiger partial charge on any atom is -0.503 e. The number of carbonyl (C=O) groups is 2. The molecular formula is C26H26ClNO5. The molecule has 0 radical (unpaired) electrons. The van der Waals surface area contributed by atoms with Gasteiger partial charge in [0.15, 0.2) is 17.3 Å². The number of esters is 1. The maximum absolute atomic E-state index is 13.5. The maximum Gasteiger partial charge on any atom is 0.315 e. The van der Waals surface area contributed by atoms with E-state index in [1.807, 2.05) is 30.3 Å². The standard InChI is InChI=1S/C26H26ClNO5/c1-4-33-26(31)22-14(2)28-19-11-16(15-8-6-5-7-9-15)12-20(29)24(19)23(22)17-10-18(27)25(30)21(13-17)32-3/h5-10,13,16,22-23,30H,4,11-12H2,1-3H3/t16-,22?,23-/m0/s1. The van der Waals surface area contributed by atoms with Crippen molar-refractivity contribution in [3.8, 4) is 11.5 Å². The van der Waals surface area contributed by atoms with Crippen molar-refractivity contribution in [2.75, 3.05) is 13.7 Å². The molecule has 2 aliphatic rings. The first kappa shape index (κ1) is 23.1. The molecule has 33 heavy (non-hydrogen) atoms. The highest BCUT2D eigenvalue weighted by atomic mass is 35.5. The van der Waals surface area contributed by atoms with Crippen LogP contribution >= 0.6 is 11.6 Å². The van der Waals surface area contributed by atoms with Crippen LogP contribution in [0.2, 0.25) is 5.02 Å². The number of aliphatic imine (C=N–C) groups is 1. The number of aromatic hydroxyl groups is 1. The molecule has 2 aromatic carbocycles. The molecule has 6 nitrogen and oxygen atoms in total. The second-order valence-corrected chi connectivity index (χ2v) is 8.72. The minimum atomic E-state index is -0.772. The number of phenols is 1. The van der Waals surface area contributed by atoms with Gasteiger partial charge in [-0.15, -0.1) is 0 Å². The summed E-state index contributed by atoms with van der Waals surface area (Å²) in [7, 11) is 1.42. The van der Waals surface area contributed by atoms with Gasteiger partial charge < -0.3 is 14.6 Å². The van der Waals surface area contributed by atoms with E-state index in [0.29, 0.717) is 35.4 Å². The largest absolute Gasteiger partial charge is 0.503 e. The van der Waals surface area contributed by atoms with Crippen molar-refractivity contribution in [2.24, 2.45) is 10.9 Å². The Hall–Kier alpha value is -3.12. The SMILES string of the molecule is CCOC(=O)C1C(C)=NC2=C(C(=O)C[C@@H](c3ccccc3)C2)[C@H]1c1cc(Cl)c(O)c(OC)c1. The lowest BCUT2D eigenvalue weighted by atomic mass is 9.69. The molecule has 0 saturated carbocycles. The molecule has 0 bridgehead atoms. The molecule has 172 valence electrons. The number of ether oxygens (including phenoxy) is 2.